The molecule has 1 aromatic heterocycles. The molecule has 4 aromatic rings. The molecule has 4 rings (SSSR count). The van der Waals surface area contributed by atoms with Crippen LogP contribution in [-0.2, 0) is 16.4 Å². The number of benzene rings is 3. The van der Waals surface area contributed by atoms with Crippen LogP contribution in [0.3, 0.4) is 0 Å². The molecule has 0 saturated carbocycles. The zero-order valence-electron chi connectivity index (χ0n) is 14.7. The Kier molecular flexibility index (Phi) is 4.91. The Bertz CT molecular complexity index is 1260. The number of hydrogen-bond donors (Lipinski definition) is 0. The van der Waals surface area contributed by atoms with Gasteiger partial charge in [-0.3, -0.25) is 4.79 Å². The molecule has 1 heterocycles. The molecule has 0 radical (unpaired) electrons. The fourth-order valence-electron chi connectivity index (χ4n) is 3.17. The first-order chi connectivity index (χ1) is 13.5. The Balaban J connectivity index is 1.87. The van der Waals surface area contributed by atoms with Crippen molar-refractivity contribution in [3.8, 4) is 0 Å². The number of halogens is 1. The molecule has 3 aromatic carbocycles. The van der Waals surface area contributed by atoms with Gasteiger partial charge >= 0.3 is 0 Å². The smallest absolute Gasteiger partial charge is 0.268 e. The molecular formula is C22H16BrNO3S. The van der Waals surface area contributed by atoms with E-state index in [9.17, 15) is 13.2 Å². The summed E-state index contributed by atoms with van der Waals surface area (Å²) in [6, 6.07) is 22.9. The molecule has 140 valence electrons. The van der Waals surface area contributed by atoms with Gasteiger partial charge in [-0.1, -0.05) is 70.5 Å². The second-order valence-corrected chi connectivity index (χ2v) is 9.13. The number of Topliss-reactive ketones (excluding diaryl/α,β-unsaturated/α-hetero) is 1. The van der Waals surface area contributed by atoms with Gasteiger partial charge in [-0.2, -0.15) is 0 Å². The fraction of sp³-hybridized carbons (Fsp3) is 0.0455. The standard InChI is InChI=1S/C22H16BrNO3S/c23-17-11-12-19-20(22(25)13-16-7-3-1-4-8-16)15-24(21(19)14-17)28(26,27)18-9-5-2-6-10-18/h1-12,14-15H,13H2. The van der Waals surface area contributed by atoms with Gasteiger partial charge in [0.25, 0.3) is 10.0 Å². The van der Waals surface area contributed by atoms with Crippen molar-refractivity contribution in [1.29, 1.82) is 0 Å². The Morgan fingerprint density at radius 2 is 1.54 bits per heavy atom. The van der Waals surface area contributed by atoms with Crippen molar-refractivity contribution in [3.63, 3.8) is 0 Å². The summed E-state index contributed by atoms with van der Waals surface area (Å²) in [6.07, 6.45) is 1.64. The van der Waals surface area contributed by atoms with Crippen LogP contribution >= 0.6 is 15.9 Å². The van der Waals surface area contributed by atoms with Gasteiger partial charge in [0.2, 0.25) is 0 Å². The first-order valence-electron chi connectivity index (χ1n) is 8.65. The molecule has 0 spiro atoms. The van der Waals surface area contributed by atoms with Gasteiger partial charge < -0.3 is 0 Å². The van der Waals surface area contributed by atoms with Crippen LogP contribution in [0.1, 0.15) is 15.9 Å². The highest BCUT2D eigenvalue weighted by molar-refractivity contribution is 9.10. The molecule has 0 atom stereocenters. The van der Waals surface area contributed by atoms with E-state index in [1.807, 2.05) is 30.3 Å². The van der Waals surface area contributed by atoms with Crippen molar-refractivity contribution in [3.05, 3.63) is 101 Å². The van der Waals surface area contributed by atoms with Gasteiger partial charge in [-0.05, 0) is 29.8 Å². The first kappa shape index (κ1) is 18.7. The Hall–Kier alpha value is -2.70. The van der Waals surface area contributed by atoms with E-state index in [4.69, 9.17) is 0 Å². The average Bonchev–Trinajstić information content (AvgIpc) is 3.09. The number of hydrogen-bond acceptors (Lipinski definition) is 3. The van der Waals surface area contributed by atoms with E-state index in [1.165, 1.54) is 10.2 Å². The van der Waals surface area contributed by atoms with Crippen molar-refractivity contribution in [2.45, 2.75) is 11.3 Å². The van der Waals surface area contributed by atoms with E-state index in [-0.39, 0.29) is 17.1 Å². The number of carbonyl (C=O) groups excluding carboxylic acids is 1. The summed E-state index contributed by atoms with van der Waals surface area (Å²) in [5, 5.41) is 0.614. The Labute approximate surface area is 171 Å². The minimum atomic E-state index is -3.82. The summed E-state index contributed by atoms with van der Waals surface area (Å²) in [4.78, 5) is 13.1. The third-order valence-corrected chi connectivity index (χ3v) is 6.72. The van der Waals surface area contributed by atoms with E-state index in [1.54, 1.807) is 48.5 Å². The van der Waals surface area contributed by atoms with E-state index in [2.05, 4.69) is 15.9 Å². The third-order valence-electron chi connectivity index (χ3n) is 4.54. The van der Waals surface area contributed by atoms with Crippen LogP contribution in [0.2, 0.25) is 0 Å². The summed E-state index contributed by atoms with van der Waals surface area (Å²) < 4.78 is 28.3. The maximum Gasteiger partial charge on any atom is 0.268 e. The van der Waals surface area contributed by atoms with Crippen molar-refractivity contribution in [2.24, 2.45) is 0 Å². The molecule has 0 aliphatic heterocycles. The normalized spacial score (nSPS) is 11.6. The number of nitrogens with zero attached hydrogens (tertiary/aromatic N) is 1. The van der Waals surface area contributed by atoms with Crippen molar-refractivity contribution in [2.75, 3.05) is 0 Å². The second-order valence-electron chi connectivity index (χ2n) is 6.40. The second kappa shape index (κ2) is 7.37. The summed E-state index contributed by atoms with van der Waals surface area (Å²) in [5.41, 5.74) is 1.75. The number of rotatable bonds is 5. The summed E-state index contributed by atoms with van der Waals surface area (Å²) >= 11 is 3.40. The first-order valence-corrected chi connectivity index (χ1v) is 10.9. The summed E-state index contributed by atoms with van der Waals surface area (Å²) in [5.74, 6) is -0.125. The highest BCUT2D eigenvalue weighted by Crippen LogP contribution is 2.29. The van der Waals surface area contributed by atoms with Crippen LogP contribution in [0.4, 0.5) is 0 Å². The van der Waals surface area contributed by atoms with Crippen LogP contribution in [0.15, 0.2) is 94.4 Å². The largest absolute Gasteiger partial charge is 0.294 e. The van der Waals surface area contributed by atoms with E-state index >= 15 is 0 Å². The van der Waals surface area contributed by atoms with E-state index in [0.717, 1.165) is 10.0 Å². The fourth-order valence-corrected chi connectivity index (χ4v) is 4.91. The average molecular weight is 454 g/mol. The van der Waals surface area contributed by atoms with Crippen LogP contribution in [-0.4, -0.2) is 18.2 Å². The SMILES string of the molecule is O=C(Cc1ccccc1)c1cn(S(=O)(=O)c2ccccc2)c2cc(Br)ccc12. The quantitative estimate of drug-likeness (QED) is 0.396. The van der Waals surface area contributed by atoms with Crippen LogP contribution in [0.25, 0.3) is 10.9 Å². The number of ketones is 1. The molecule has 28 heavy (non-hydrogen) atoms. The minimum absolute atomic E-state index is 0.125. The highest BCUT2D eigenvalue weighted by atomic mass is 79.9. The molecule has 6 heteroatoms. The van der Waals surface area contributed by atoms with Gasteiger partial charge in [-0.15, -0.1) is 0 Å². The Morgan fingerprint density at radius 1 is 0.893 bits per heavy atom. The van der Waals surface area contributed by atoms with Crippen LogP contribution in [0, 0.1) is 0 Å². The molecule has 0 aliphatic rings. The van der Waals surface area contributed by atoms with Gasteiger partial charge in [0.1, 0.15) is 0 Å². The van der Waals surface area contributed by atoms with Crippen molar-refractivity contribution >= 4 is 42.6 Å². The lowest BCUT2D eigenvalue weighted by molar-refractivity contribution is 0.0994. The molecule has 0 amide bonds. The van der Waals surface area contributed by atoms with E-state index < -0.39 is 10.0 Å². The highest BCUT2D eigenvalue weighted by Gasteiger charge is 2.23. The lowest BCUT2D eigenvalue weighted by Crippen LogP contribution is -2.12. The molecule has 0 bridgehead atoms. The minimum Gasteiger partial charge on any atom is -0.294 e. The van der Waals surface area contributed by atoms with Gasteiger partial charge in [0.15, 0.2) is 5.78 Å². The summed E-state index contributed by atoms with van der Waals surface area (Å²) in [7, 11) is -3.82. The van der Waals surface area contributed by atoms with Crippen LogP contribution in [0.5, 0.6) is 0 Å². The van der Waals surface area contributed by atoms with E-state index in [0.29, 0.717) is 16.5 Å². The van der Waals surface area contributed by atoms with Gasteiger partial charge in [0.05, 0.1) is 10.4 Å². The maximum atomic E-state index is 13.2. The Morgan fingerprint density at radius 3 is 2.21 bits per heavy atom. The molecule has 0 saturated heterocycles. The topological polar surface area (TPSA) is 56.1 Å². The van der Waals surface area contributed by atoms with Crippen LogP contribution < -0.4 is 0 Å². The lowest BCUT2D eigenvalue weighted by Gasteiger charge is -2.07. The third kappa shape index (κ3) is 3.41. The molecule has 0 unspecified atom stereocenters. The molecule has 0 fully saturated rings. The molecular weight excluding hydrogens is 438 g/mol. The number of carbonyl (C=O) groups is 1. The van der Waals surface area contributed by atoms with Gasteiger partial charge in [0, 0.05) is 28.0 Å². The predicted molar refractivity (Wildman–Crippen MR) is 113 cm³/mol. The lowest BCUT2D eigenvalue weighted by atomic mass is 10.0. The zero-order valence-corrected chi connectivity index (χ0v) is 17.2. The van der Waals surface area contributed by atoms with Crippen molar-refractivity contribution in [1.82, 2.24) is 3.97 Å². The molecule has 0 aliphatic carbocycles. The molecule has 0 N–H and O–H groups in total. The zero-order chi connectivity index (χ0) is 19.7. The predicted octanol–water partition coefficient (Wildman–Crippen LogP) is 5.07. The van der Waals surface area contributed by atoms with Gasteiger partial charge in [-0.25, -0.2) is 12.4 Å². The monoisotopic (exact) mass is 453 g/mol. The number of aromatic nitrogens is 1. The summed E-state index contributed by atoms with van der Waals surface area (Å²) in [6.45, 7) is 0. The molecule has 4 nitrogen and oxygen atoms in total. The number of fused-ring (bicyclic) bond motifs is 1. The van der Waals surface area contributed by atoms with Crippen molar-refractivity contribution < 1.29 is 13.2 Å². The maximum absolute atomic E-state index is 13.2.